The lowest BCUT2D eigenvalue weighted by molar-refractivity contribution is 0.628. The molecule has 0 aliphatic heterocycles. The number of aromatic nitrogens is 4. The number of hydrogen-bond donors (Lipinski definition) is 0. The fourth-order valence-electron chi connectivity index (χ4n) is 2.54. The lowest BCUT2D eigenvalue weighted by Gasteiger charge is -2.01. The summed E-state index contributed by atoms with van der Waals surface area (Å²) >= 11 is 6.12. The van der Waals surface area contributed by atoms with E-state index in [1.54, 1.807) is 0 Å². The minimum absolute atomic E-state index is 0.105. The Labute approximate surface area is 134 Å². The minimum Gasteiger partial charge on any atom is -0.246 e. The van der Waals surface area contributed by atoms with E-state index in [1.807, 2.05) is 30.3 Å². The molecule has 2 heterocycles. The molecule has 5 nitrogen and oxygen atoms in total. The molecule has 0 fully saturated rings. The highest BCUT2D eigenvalue weighted by Crippen LogP contribution is 2.19. The lowest BCUT2D eigenvalue weighted by atomic mass is 10.2. The van der Waals surface area contributed by atoms with Gasteiger partial charge in [0, 0.05) is 6.07 Å². The summed E-state index contributed by atoms with van der Waals surface area (Å²) in [5.74, 6) is -0.453. The Balaban J connectivity index is 2.00. The molecular formula is C16H10ClFN4O. The van der Waals surface area contributed by atoms with Gasteiger partial charge in [-0.3, -0.25) is 0 Å². The zero-order valence-electron chi connectivity index (χ0n) is 11.8. The maximum Gasteiger partial charge on any atom is 0.351 e. The quantitative estimate of drug-likeness (QED) is 0.568. The van der Waals surface area contributed by atoms with Crippen molar-refractivity contribution < 1.29 is 4.39 Å². The van der Waals surface area contributed by atoms with Crippen LogP contribution in [0.25, 0.3) is 16.7 Å². The van der Waals surface area contributed by atoms with Gasteiger partial charge in [0.25, 0.3) is 0 Å². The van der Waals surface area contributed by atoms with E-state index < -0.39 is 5.82 Å². The molecule has 0 unspecified atom stereocenters. The highest BCUT2D eigenvalue weighted by atomic mass is 35.5. The zero-order valence-corrected chi connectivity index (χ0v) is 12.5. The Kier molecular flexibility index (Phi) is 3.12. The van der Waals surface area contributed by atoms with Gasteiger partial charge in [-0.1, -0.05) is 41.9 Å². The van der Waals surface area contributed by atoms with Gasteiger partial charge in [0.2, 0.25) is 0 Å². The van der Waals surface area contributed by atoms with E-state index >= 15 is 0 Å². The number of benzene rings is 2. The van der Waals surface area contributed by atoms with Crippen LogP contribution in [0.3, 0.4) is 0 Å². The van der Waals surface area contributed by atoms with Crippen molar-refractivity contribution in [2.24, 2.45) is 0 Å². The van der Waals surface area contributed by atoms with Gasteiger partial charge in [0.15, 0.2) is 10.8 Å². The van der Waals surface area contributed by atoms with E-state index in [2.05, 4.69) is 10.1 Å². The summed E-state index contributed by atoms with van der Waals surface area (Å²) in [5, 5.41) is 4.34. The second-order valence-corrected chi connectivity index (χ2v) is 5.48. The van der Waals surface area contributed by atoms with E-state index in [0.717, 1.165) is 5.56 Å². The average Bonchev–Trinajstić information content (AvgIpc) is 2.87. The first-order valence-corrected chi connectivity index (χ1v) is 7.29. The molecule has 0 bridgehead atoms. The van der Waals surface area contributed by atoms with Crippen LogP contribution in [0, 0.1) is 5.82 Å². The molecule has 0 aliphatic rings. The van der Waals surface area contributed by atoms with Crippen LogP contribution in [0.1, 0.15) is 5.56 Å². The van der Waals surface area contributed by atoms with Gasteiger partial charge < -0.3 is 0 Å². The Morgan fingerprint density at radius 3 is 2.70 bits per heavy atom. The third-order valence-electron chi connectivity index (χ3n) is 3.60. The number of hydrogen-bond acceptors (Lipinski definition) is 3. The summed E-state index contributed by atoms with van der Waals surface area (Å²) in [6.07, 6.45) is 0. The topological polar surface area (TPSA) is 52.2 Å². The Hall–Kier alpha value is -2.73. The molecule has 4 rings (SSSR count). The third kappa shape index (κ3) is 2.27. The Morgan fingerprint density at radius 2 is 1.91 bits per heavy atom. The fraction of sp³-hybridized carbons (Fsp3) is 0.0625. The van der Waals surface area contributed by atoms with Crippen molar-refractivity contribution in [1.82, 2.24) is 19.2 Å². The van der Waals surface area contributed by atoms with Crippen molar-refractivity contribution in [3.8, 4) is 0 Å². The number of halogens is 2. The zero-order chi connectivity index (χ0) is 16.0. The van der Waals surface area contributed by atoms with Gasteiger partial charge >= 0.3 is 5.69 Å². The molecule has 7 heteroatoms. The van der Waals surface area contributed by atoms with E-state index in [4.69, 9.17) is 11.6 Å². The predicted octanol–water partition coefficient (Wildman–Crippen LogP) is 2.89. The summed E-state index contributed by atoms with van der Waals surface area (Å²) < 4.78 is 16.1. The van der Waals surface area contributed by atoms with E-state index in [-0.39, 0.29) is 16.5 Å². The van der Waals surface area contributed by atoms with Crippen LogP contribution in [-0.2, 0) is 6.54 Å². The fourth-order valence-corrected chi connectivity index (χ4v) is 2.76. The molecule has 0 spiro atoms. The highest BCUT2D eigenvalue weighted by molar-refractivity contribution is 6.32. The second kappa shape index (κ2) is 5.17. The lowest BCUT2D eigenvalue weighted by Crippen LogP contribution is -2.22. The number of rotatable bonds is 2. The van der Waals surface area contributed by atoms with Crippen LogP contribution in [0.5, 0.6) is 0 Å². The molecule has 114 valence electrons. The van der Waals surface area contributed by atoms with Gasteiger partial charge in [-0.05, 0) is 17.7 Å². The first-order chi connectivity index (χ1) is 11.1. The molecule has 23 heavy (non-hydrogen) atoms. The van der Waals surface area contributed by atoms with Crippen molar-refractivity contribution in [3.63, 3.8) is 0 Å². The molecule has 2 aromatic heterocycles. The molecule has 0 aliphatic carbocycles. The smallest absolute Gasteiger partial charge is 0.246 e. The van der Waals surface area contributed by atoms with E-state index in [0.29, 0.717) is 17.6 Å². The van der Waals surface area contributed by atoms with Crippen LogP contribution in [-0.4, -0.2) is 19.2 Å². The molecule has 0 radical (unpaired) electrons. The van der Waals surface area contributed by atoms with Crippen molar-refractivity contribution in [3.05, 3.63) is 75.5 Å². The van der Waals surface area contributed by atoms with E-state index in [1.165, 1.54) is 27.3 Å². The maximum absolute atomic E-state index is 13.5. The summed E-state index contributed by atoms with van der Waals surface area (Å²) in [5.41, 5.74) is 1.53. The number of fused-ring (bicyclic) bond motifs is 3. The molecule has 0 atom stereocenters. The predicted molar refractivity (Wildman–Crippen MR) is 85.3 cm³/mol. The average molecular weight is 329 g/mol. The first kappa shape index (κ1) is 13.9. The Bertz CT molecular complexity index is 1090. The summed E-state index contributed by atoms with van der Waals surface area (Å²) in [6, 6.07) is 13.5. The Morgan fingerprint density at radius 1 is 1.13 bits per heavy atom. The molecule has 4 aromatic rings. The van der Waals surface area contributed by atoms with Crippen molar-refractivity contribution in [1.29, 1.82) is 0 Å². The van der Waals surface area contributed by atoms with Gasteiger partial charge in [0.1, 0.15) is 5.82 Å². The van der Waals surface area contributed by atoms with Crippen molar-refractivity contribution in [2.75, 3.05) is 0 Å². The van der Waals surface area contributed by atoms with Crippen LogP contribution in [0.4, 0.5) is 4.39 Å². The van der Waals surface area contributed by atoms with Gasteiger partial charge in [-0.2, -0.15) is 0 Å². The van der Waals surface area contributed by atoms with Gasteiger partial charge in [0.05, 0.1) is 17.6 Å². The summed E-state index contributed by atoms with van der Waals surface area (Å²) in [6.45, 7) is 0.300. The molecule has 2 aromatic carbocycles. The van der Waals surface area contributed by atoms with Crippen LogP contribution < -0.4 is 5.69 Å². The van der Waals surface area contributed by atoms with Crippen molar-refractivity contribution in [2.45, 2.75) is 6.54 Å². The summed E-state index contributed by atoms with van der Waals surface area (Å²) in [4.78, 5) is 16.8. The highest BCUT2D eigenvalue weighted by Gasteiger charge is 2.15. The van der Waals surface area contributed by atoms with Gasteiger partial charge in [-0.15, -0.1) is 5.10 Å². The molecule has 0 amide bonds. The van der Waals surface area contributed by atoms with Crippen molar-refractivity contribution >= 4 is 28.3 Å². The second-order valence-electron chi connectivity index (χ2n) is 5.12. The molecule has 0 N–H and O–H groups in total. The molecule has 0 saturated carbocycles. The molecule has 0 saturated heterocycles. The maximum atomic E-state index is 13.5. The van der Waals surface area contributed by atoms with Crippen LogP contribution in [0.15, 0.2) is 53.3 Å². The largest absolute Gasteiger partial charge is 0.351 e. The number of nitrogens with zero attached hydrogens (tertiary/aromatic N) is 4. The molecular weight excluding hydrogens is 319 g/mol. The normalized spacial score (nSPS) is 11.4. The minimum atomic E-state index is -0.453. The van der Waals surface area contributed by atoms with Crippen LogP contribution >= 0.6 is 11.6 Å². The monoisotopic (exact) mass is 328 g/mol. The third-order valence-corrected chi connectivity index (χ3v) is 3.85. The SMILES string of the molecule is O=c1n(Cc2ccccc2)nc2c(Cl)nc3ccc(F)cc3n12. The first-order valence-electron chi connectivity index (χ1n) is 6.92. The summed E-state index contributed by atoms with van der Waals surface area (Å²) in [7, 11) is 0. The van der Waals surface area contributed by atoms with Crippen LogP contribution in [0.2, 0.25) is 5.15 Å². The van der Waals surface area contributed by atoms with Gasteiger partial charge in [-0.25, -0.2) is 23.3 Å². The van der Waals surface area contributed by atoms with E-state index in [9.17, 15) is 9.18 Å². The standard InChI is InChI=1S/C16H10ClFN4O/c17-14-15-20-21(9-10-4-2-1-3-5-10)16(23)22(15)13-8-11(18)6-7-12(13)19-14/h1-8H,9H2.